The van der Waals surface area contributed by atoms with Crippen molar-refractivity contribution >= 4 is 27.2 Å². The lowest BCUT2D eigenvalue weighted by molar-refractivity contribution is 0.414. The second-order valence-corrected chi connectivity index (χ2v) is 8.91. The van der Waals surface area contributed by atoms with Crippen LogP contribution in [0.1, 0.15) is 5.69 Å². The van der Waals surface area contributed by atoms with Crippen molar-refractivity contribution in [1.82, 2.24) is 14.1 Å². The van der Waals surface area contributed by atoms with Gasteiger partial charge in [-0.15, -0.1) is 23.4 Å². The van der Waals surface area contributed by atoms with Gasteiger partial charge in [-0.1, -0.05) is 30.4 Å². The van der Waals surface area contributed by atoms with E-state index in [4.69, 9.17) is 10.5 Å². The Bertz CT molecular complexity index is 1270. The molecule has 33 heavy (non-hydrogen) atoms. The van der Waals surface area contributed by atoms with Crippen LogP contribution in [0.3, 0.4) is 0 Å². The van der Waals surface area contributed by atoms with Crippen LogP contribution in [0.5, 0.6) is 5.75 Å². The number of nitrogen functional groups attached to an aromatic ring is 1. The van der Waals surface area contributed by atoms with E-state index >= 15 is 0 Å². The normalized spacial score (nSPS) is 11.7. The van der Waals surface area contributed by atoms with E-state index in [2.05, 4.69) is 28.5 Å². The summed E-state index contributed by atoms with van der Waals surface area (Å²) in [5.41, 5.74) is 8.06. The van der Waals surface area contributed by atoms with Crippen LogP contribution in [-0.4, -0.2) is 42.7 Å². The molecule has 172 valence electrons. The SMILES string of the molecule is C=CCN(CC=C)S(=O)(=O)c1ccc(OC)cc1N=Nc1c(C)nn(-c2ccccc2)c1N. The lowest BCUT2D eigenvalue weighted by atomic mass is 10.3. The largest absolute Gasteiger partial charge is 0.497 e. The van der Waals surface area contributed by atoms with Gasteiger partial charge in [-0.05, 0) is 31.2 Å². The van der Waals surface area contributed by atoms with Crippen LogP contribution in [0.4, 0.5) is 17.2 Å². The smallest absolute Gasteiger partial charge is 0.245 e. The van der Waals surface area contributed by atoms with Crippen LogP contribution in [0, 0.1) is 6.92 Å². The molecule has 2 N–H and O–H groups in total. The molecule has 2 aromatic carbocycles. The van der Waals surface area contributed by atoms with Crippen molar-refractivity contribution in [2.45, 2.75) is 11.8 Å². The Morgan fingerprint density at radius 1 is 1.12 bits per heavy atom. The van der Waals surface area contributed by atoms with Gasteiger partial charge in [0.1, 0.15) is 16.3 Å². The van der Waals surface area contributed by atoms with Crippen LogP contribution in [0.25, 0.3) is 5.69 Å². The zero-order valence-corrected chi connectivity index (χ0v) is 19.4. The third-order valence-electron chi connectivity index (χ3n) is 4.77. The van der Waals surface area contributed by atoms with Gasteiger partial charge in [0.05, 0.1) is 18.5 Å². The fourth-order valence-electron chi connectivity index (χ4n) is 3.15. The Kier molecular flexibility index (Phi) is 7.41. The predicted octanol–water partition coefficient (Wildman–Crippen LogP) is 4.55. The van der Waals surface area contributed by atoms with Crippen molar-refractivity contribution in [3.63, 3.8) is 0 Å². The molecule has 0 aliphatic rings. The van der Waals surface area contributed by atoms with Crippen molar-refractivity contribution in [3.05, 3.63) is 79.5 Å². The average molecular weight is 467 g/mol. The quantitative estimate of drug-likeness (QED) is 0.348. The van der Waals surface area contributed by atoms with Gasteiger partial charge in [-0.2, -0.15) is 9.40 Å². The molecule has 0 amide bonds. The number of sulfonamides is 1. The molecule has 10 heteroatoms. The van der Waals surface area contributed by atoms with Crippen LogP contribution in [0.2, 0.25) is 0 Å². The van der Waals surface area contributed by atoms with E-state index < -0.39 is 10.0 Å². The molecule has 0 aliphatic heterocycles. The topological polar surface area (TPSA) is 115 Å². The number of hydrogen-bond acceptors (Lipinski definition) is 7. The van der Waals surface area contributed by atoms with E-state index in [1.165, 1.54) is 35.7 Å². The summed E-state index contributed by atoms with van der Waals surface area (Å²) in [5.74, 6) is 0.723. The third-order valence-corrected chi connectivity index (χ3v) is 6.65. The number of para-hydroxylation sites is 1. The van der Waals surface area contributed by atoms with Gasteiger partial charge in [-0.3, -0.25) is 0 Å². The summed E-state index contributed by atoms with van der Waals surface area (Å²) in [5, 5.41) is 12.9. The molecule has 0 fully saturated rings. The summed E-state index contributed by atoms with van der Waals surface area (Å²) in [6, 6.07) is 13.9. The Morgan fingerprint density at radius 2 is 1.79 bits per heavy atom. The Labute approximate surface area is 193 Å². The molecule has 0 radical (unpaired) electrons. The van der Waals surface area contributed by atoms with Gasteiger partial charge < -0.3 is 10.5 Å². The zero-order valence-electron chi connectivity index (χ0n) is 18.5. The minimum Gasteiger partial charge on any atom is -0.497 e. The molecule has 1 heterocycles. The molecule has 0 atom stereocenters. The maximum absolute atomic E-state index is 13.3. The molecule has 0 unspecified atom stereocenters. The molecule has 0 aliphatic carbocycles. The highest BCUT2D eigenvalue weighted by Gasteiger charge is 2.26. The first kappa shape index (κ1) is 23.9. The number of nitrogens with two attached hydrogens (primary N) is 1. The van der Waals surface area contributed by atoms with Gasteiger partial charge in [-0.25, -0.2) is 13.1 Å². The summed E-state index contributed by atoms with van der Waals surface area (Å²) in [7, 11) is -2.43. The Morgan fingerprint density at radius 3 is 2.39 bits per heavy atom. The van der Waals surface area contributed by atoms with Crippen LogP contribution in [0.15, 0.2) is 89.0 Å². The van der Waals surface area contributed by atoms with Crippen molar-refractivity contribution in [1.29, 1.82) is 0 Å². The average Bonchev–Trinajstić information content (AvgIpc) is 3.11. The molecule has 9 nitrogen and oxygen atoms in total. The van der Waals surface area contributed by atoms with Gasteiger partial charge in [0.25, 0.3) is 0 Å². The fraction of sp³-hybridized carbons (Fsp3) is 0.174. The number of aryl methyl sites for hydroxylation is 1. The minimum absolute atomic E-state index is 0.0255. The number of rotatable bonds is 10. The maximum Gasteiger partial charge on any atom is 0.245 e. The number of aromatic nitrogens is 2. The van der Waals surface area contributed by atoms with E-state index in [1.54, 1.807) is 17.7 Å². The second kappa shape index (κ2) is 10.2. The molecule has 3 rings (SSSR count). The highest BCUT2D eigenvalue weighted by Crippen LogP contribution is 2.35. The summed E-state index contributed by atoms with van der Waals surface area (Å²) in [6.45, 7) is 9.26. The number of hydrogen-bond donors (Lipinski definition) is 1. The van der Waals surface area contributed by atoms with Crippen LogP contribution in [-0.2, 0) is 10.0 Å². The second-order valence-electron chi connectivity index (χ2n) is 7.00. The van der Waals surface area contributed by atoms with Crippen LogP contribution < -0.4 is 10.5 Å². The van der Waals surface area contributed by atoms with E-state index in [1.807, 2.05) is 30.3 Å². The van der Waals surface area contributed by atoms with Crippen molar-refractivity contribution in [2.24, 2.45) is 10.2 Å². The molecule has 1 aromatic heterocycles. The number of benzene rings is 2. The highest BCUT2D eigenvalue weighted by atomic mass is 32.2. The number of nitrogens with zero attached hydrogens (tertiary/aromatic N) is 5. The molecule has 0 spiro atoms. The molecular weight excluding hydrogens is 440 g/mol. The van der Waals surface area contributed by atoms with Gasteiger partial charge in [0.15, 0.2) is 11.5 Å². The molecule has 0 bridgehead atoms. The number of ether oxygens (including phenoxy) is 1. The summed E-state index contributed by atoms with van der Waals surface area (Å²) in [4.78, 5) is -0.0255. The van der Waals surface area contributed by atoms with E-state index in [0.29, 0.717) is 17.1 Å². The Hall–Kier alpha value is -3.76. The third kappa shape index (κ3) is 5.02. The predicted molar refractivity (Wildman–Crippen MR) is 129 cm³/mol. The highest BCUT2D eigenvalue weighted by molar-refractivity contribution is 7.89. The van der Waals surface area contributed by atoms with E-state index in [-0.39, 0.29) is 29.5 Å². The number of methoxy groups -OCH3 is 1. The van der Waals surface area contributed by atoms with E-state index in [9.17, 15) is 8.42 Å². The van der Waals surface area contributed by atoms with Gasteiger partial charge in [0, 0.05) is 19.2 Å². The summed E-state index contributed by atoms with van der Waals surface area (Å²) in [6.07, 6.45) is 3.02. The van der Waals surface area contributed by atoms with Gasteiger partial charge in [0.2, 0.25) is 10.0 Å². The zero-order chi connectivity index (χ0) is 24.0. The van der Waals surface area contributed by atoms with Crippen molar-refractivity contribution < 1.29 is 13.2 Å². The first-order valence-electron chi connectivity index (χ1n) is 10.1. The fourth-order valence-corrected chi connectivity index (χ4v) is 4.63. The number of anilines is 1. The molecule has 3 aromatic rings. The van der Waals surface area contributed by atoms with Crippen molar-refractivity contribution in [3.8, 4) is 11.4 Å². The summed E-state index contributed by atoms with van der Waals surface area (Å²) >= 11 is 0. The minimum atomic E-state index is -3.91. The van der Waals surface area contributed by atoms with E-state index in [0.717, 1.165) is 5.69 Å². The lowest BCUT2D eigenvalue weighted by Crippen LogP contribution is -2.31. The summed E-state index contributed by atoms with van der Waals surface area (Å²) < 4.78 is 34.7. The Balaban J connectivity index is 2.08. The maximum atomic E-state index is 13.3. The molecule has 0 saturated heterocycles. The molecule has 0 saturated carbocycles. The standard InChI is InChI=1S/C23H26N6O3S/c1-5-14-28(15-6-2)33(30,31)21-13-12-19(32-4)16-20(21)25-26-22-17(3)27-29(23(22)24)18-10-8-7-9-11-18/h5-13,16H,1-2,14-15,24H2,3-4H3. The monoisotopic (exact) mass is 466 g/mol. The molecular formula is C23H26N6O3S. The first-order chi connectivity index (χ1) is 15.8. The van der Waals surface area contributed by atoms with Gasteiger partial charge >= 0.3 is 0 Å². The first-order valence-corrected chi connectivity index (χ1v) is 11.5. The van der Waals surface area contributed by atoms with Crippen molar-refractivity contribution in [2.75, 3.05) is 25.9 Å². The van der Waals surface area contributed by atoms with Crippen LogP contribution >= 0.6 is 0 Å². The number of azo groups is 1. The lowest BCUT2D eigenvalue weighted by Gasteiger charge is -2.20.